The number of non-ortho nitro benzene ring substituents is 2. The van der Waals surface area contributed by atoms with Crippen LogP contribution < -0.4 is 0 Å². The van der Waals surface area contributed by atoms with Crippen molar-refractivity contribution in [3.63, 3.8) is 0 Å². The van der Waals surface area contributed by atoms with E-state index in [1.165, 1.54) is 48.5 Å². The lowest BCUT2D eigenvalue weighted by atomic mass is 10.1. The van der Waals surface area contributed by atoms with Crippen LogP contribution in [0, 0.1) is 20.2 Å². The van der Waals surface area contributed by atoms with Gasteiger partial charge >= 0.3 is 0 Å². The minimum Gasteiger partial charge on any atom is -0.258 e. The number of benzene rings is 2. The van der Waals surface area contributed by atoms with E-state index in [2.05, 4.69) is 0 Å². The topological polar surface area (TPSA) is 120 Å². The fourth-order valence-corrected chi connectivity index (χ4v) is 5.21. The Hall–Kier alpha value is -2.23. The van der Waals surface area contributed by atoms with Crippen LogP contribution >= 0.6 is 23.2 Å². The van der Waals surface area contributed by atoms with Crippen molar-refractivity contribution in [1.29, 1.82) is 0 Å². The molecule has 27 heavy (non-hydrogen) atoms. The Morgan fingerprint density at radius 2 is 1.19 bits per heavy atom. The maximum atomic E-state index is 12.4. The highest BCUT2D eigenvalue weighted by molar-refractivity contribution is 7.91. The van der Waals surface area contributed by atoms with Crippen molar-refractivity contribution >= 4 is 44.4 Å². The molecule has 2 unspecified atom stereocenters. The lowest BCUT2D eigenvalue weighted by Crippen LogP contribution is -2.18. The Morgan fingerprint density at radius 3 is 1.52 bits per heavy atom. The van der Waals surface area contributed by atoms with Crippen molar-refractivity contribution in [1.82, 2.24) is 0 Å². The van der Waals surface area contributed by atoms with Crippen molar-refractivity contribution in [2.45, 2.75) is 10.8 Å². The van der Waals surface area contributed by atoms with Gasteiger partial charge in [-0.3, -0.25) is 20.2 Å². The minimum absolute atomic E-state index is 0.192. The molecule has 0 amide bonds. The van der Waals surface area contributed by atoms with Crippen LogP contribution in [-0.4, -0.2) is 29.8 Å². The zero-order valence-corrected chi connectivity index (χ0v) is 16.0. The van der Waals surface area contributed by atoms with Crippen LogP contribution in [0.5, 0.6) is 0 Å². The summed E-state index contributed by atoms with van der Waals surface area (Å²) in [7, 11) is -3.75. The molecule has 0 saturated heterocycles. The van der Waals surface area contributed by atoms with Gasteiger partial charge in [0.1, 0.15) is 0 Å². The number of alkyl halides is 2. The Bertz CT molecular complexity index is 895. The zero-order valence-electron chi connectivity index (χ0n) is 13.7. The Morgan fingerprint density at radius 1 is 0.815 bits per heavy atom. The van der Waals surface area contributed by atoms with Gasteiger partial charge in [0.05, 0.1) is 32.1 Å². The molecule has 0 bridgehead atoms. The third-order valence-corrected chi connectivity index (χ3v) is 6.55. The summed E-state index contributed by atoms with van der Waals surface area (Å²) in [5, 5.41) is 19.6. The maximum absolute atomic E-state index is 12.4. The molecular formula is C16H14Cl2N2O6S. The van der Waals surface area contributed by atoms with Gasteiger partial charge in [0.15, 0.2) is 9.84 Å². The Kier molecular flexibility index (Phi) is 6.74. The molecule has 0 N–H and O–H groups in total. The van der Waals surface area contributed by atoms with Crippen LogP contribution in [0.3, 0.4) is 0 Å². The molecule has 0 spiro atoms. The molecular weight excluding hydrogens is 419 g/mol. The van der Waals surface area contributed by atoms with Gasteiger partial charge in [0.2, 0.25) is 0 Å². The fraction of sp³-hybridized carbons (Fsp3) is 0.250. The van der Waals surface area contributed by atoms with Crippen LogP contribution in [0.2, 0.25) is 0 Å². The van der Waals surface area contributed by atoms with Crippen LogP contribution in [-0.2, 0) is 9.84 Å². The lowest BCUT2D eigenvalue weighted by Gasteiger charge is -2.14. The highest BCUT2D eigenvalue weighted by Gasteiger charge is 2.25. The molecule has 0 fully saturated rings. The van der Waals surface area contributed by atoms with Crippen LogP contribution in [0.4, 0.5) is 11.4 Å². The summed E-state index contributed by atoms with van der Waals surface area (Å²) in [5.41, 5.74) is 0.219. The first-order valence-corrected chi connectivity index (χ1v) is 10.3. The van der Waals surface area contributed by atoms with Gasteiger partial charge in [-0.15, -0.1) is 23.2 Å². The summed E-state index contributed by atoms with van der Waals surface area (Å²) in [6.45, 7) is 0. The highest BCUT2D eigenvalue weighted by atomic mass is 35.5. The molecule has 2 aromatic rings. The second kappa shape index (κ2) is 8.64. The first-order valence-electron chi connectivity index (χ1n) is 7.56. The van der Waals surface area contributed by atoms with Crippen LogP contribution in [0.15, 0.2) is 48.5 Å². The summed E-state index contributed by atoms with van der Waals surface area (Å²) in [6.07, 6.45) is 0. The van der Waals surface area contributed by atoms with E-state index < -0.39 is 41.9 Å². The summed E-state index contributed by atoms with van der Waals surface area (Å²) < 4.78 is 24.8. The first-order chi connectivity index (χ1) is 12.6. The Balaban J connectivity index is 2.12. The van der Waals surface area contributed by atoms with Gasteiger partial charge in [-0.2, -0.15) is 0 Å². The van der Waals surface area contributed by atoms with Crippen LogP contribution in [0.25, 0.3) is 0 Å². The van der Waals surface area contributed by atoms with Gasteiger partial charge in [-0.1, -0.05) is 24.3 Å². The number of hydrogen-bond acceptors (Lipinski definition) is 6. The third-order valence-electron chi connectivity index (χ3n) is 3.69. The van der Waals surface area contributed by atoms with Crippen molar-refractivity contribution < 1.29 is 18.3 Å². The molecule has 0 heterocycles. The van der Waals surface area contributed by atoms with E-state index in [9.17, 15) is 28.6 Å². The van der Waals surface area contributed by atoms with Gasteiger partial charge < -0.3 is 0 Å². The van der Waals surface area contributed by atoms with Gasteiger partial charge in [-0.25, -0.2) is 8.42 Å². The highest BCUT2D eigenvalue weighted by Crippen LogP contribution is 2.29. The predicted octanol–water partition coefficient (Wildman–Crippen LogP) is 4.18. The van der Waals surface area contributed by atoms with Crippen molar-refractivity contribution in [2.75, 3.05) is 11.5 Å². The van der Waals surface area contributed by atoms with E-state index in [1.807, 2.05) is 0 Å². The number of nitro benzene ring substituents is 2. The standard InChI is InChI=1S/C16H14Cl2N2O6S/c17-15(11-3-1-5-13(7-11)19(21)22)9-27(25,26)10-16(18)12-4-2-6-14(8-12)20(23)24/h1-8,15-16H,9-10H2. The molecule has 2 rings (SSSR count). The summed E-state index contributed by atoms with van der Waals surface area (Å²) >= 11 is 12.3. The van der Waals surface area contributed by atoms with Gasteiger partial charge in [-0.05, 0) is 11.1 Å². The minimum atomic E-state index is -3.75. The van der Waals surface area contributed by atoms with Gasteiger partial charge in [0, 0.05) is 24.3 Å². The number of sulfone groups is 1. The molecule has 0 saturated carbocycles. The smallest absolute Gasteiger partial charge is 0.258 e. The number of hydrogen-bond donors (Lipinski definition) is 0. The SMILES string of the molecule is O=[N+]([O-])c1cccc(C(Cl)CS(=O)(=O)CC(Cl)c2cccc([N+](=O)[O-])c2)c1. The number of halogens is 2. The van der Waals surface area contributed by atoms with E-state index in [1.54, 1.807) is 0 Å². The molecule has 0 aliphatic carbocycles. The summed E-state index contributed by atoms with van der Waals surface area (Å²) in [5.74, 6) is -0.957. The van der Waals surface area contributed by atoms with E-state index in [0.29, 0.717) is 11.1 Å². The van der Waals surface area contributed by atoms with E-state index in [-0.39, 0.29) is 11.4 Å². The molecule has 0 aliphatic rings. The van der Waals surface area contributed by atoms with Gasteiger partial charge in [0.25, 0.3) is 11.4 Å². The molecule has 8 nitrogen and oxygen atoms in total. The van der Waals surface area contributed by atoms with E-state index >= 15 is 0 Å². The molecule has 0 radical (unpaired) electrons. The molecule has 2 atom stereocenters. The normalized spacial score (nSPS) is 13.7. The number of rotatable bonds is 8. The van der Waals surface area contributed by atoms with Crippen molar-refractivity contribution in [3.8, 4) is 0 Å². The van der Waals surface area contributed by atoms with Crippen molar-refractivity contribution in [2.24, 2.45) is 0 Å². The maximum Gasteiger partial charge on any atom is 0.269 e. The molecule has 11 heteroatoms. The molecule has 0 aromatic heterocycles. The predicted molar refractivity (Wildman–Crippen MR) is 102 cm³/mol. The zero-order chi connectivity index (χ0) is 20.2. The molecule has 0 aliphatic heterocycles. The molecule has 2 aromatic carbocycles. The monoisotopic (exact) mass is 432 g/mol. The first kappa shape index (κ1) is 21.1. The van der Waals surface area contributed by atoms with Crippen molar-refractivity contribution in [3.05, 3.63) is 79.9 Å². The fourth-order valence-electron chi connectivity index (χ4n) is 2.37. The average molecular weight is 433 g/mol. The largest absolute Gasteiger partial charge is 0.269 e. The van der Waals surface area contributed by atoms with E-state index in [0.717, 1.165) is 0 Å². The second-order valence-corrected chi connectivity index (χ2v) is 8.92. The average Bonchev–Trinajstić information content (AvgIpc) is 2.61. The Labute approximate surface area is 164 Å². The lowest BCUT2D eigenvalue weighted by molar-refractivity contribution is -0.385. The molecule has 144 valence electrons. The summed E-state index contributed by atoms with van der Waals surface area (Å²) in [6, 6.07) is 10.8. The summed E-state index contributed by atoms with van der Waals surface area (Å²) in [4.78, 5) is 20.4. The van der Waals surface area contributed by atoms with Crippen LogP contribution in [0.1, 0.15) is 21.9 Å². The quantitative estimate of drug-likeness (QED) is 0.350. The second-order valence-electron chi connectivity index (χ2n) is 5.72. The number of nitro groups is 2. The third kappa shape index (κ3) is 5.88. The van der Waals surface area contributed by atoms with E-state index in [4.69, 9.17) is 23.2 Å². The number of nitrogens with zero attached hydrogens (tertiary/aromatic N) is 2.